The molecule has 0 unspecified atom stereocenters. The van der Waals surface area contributed by atoms with Crippen LogP contribution in [0.4, 0.5) is 24.5 Å². The molecule has 0 aliphatic heterocycles. The smallest absolute Gasteiger partial charge is 0.389 e. The number of hydrogen-bond acceptors (Lipinski definition) is 2. The number of nitrogen functional groups attached to an aromatic ring is 1. The minimum atomic E-state index is -4.07. The molecule has 0 amide bonds. The Balaban J connectivity index is 2.38. The van der Waals surface area contributed by atoms with Crippen molar-refractivity contribution in [2.45, 2.75) is 19.0 Å². The second kappa shape index (κ2) is 5.60. The Kier molecular flexibility index (Phi) is 4.69. The standard InChI is InChI=1S/C10H12F3IN2/c11-10(12,13)4-1-5-16-9-3-2-7(15)6-8(9)14/h2-3,6,16H,1,4-5,15H2. The zero-order chi connectivity index (χ0) is 12.2. The van der Waals surface area contributed by atoms with Crippen LogP contribution in [0.15, 0.2) is 18.2 Å². The number of nitrogens with one attached hydrogen (secondary N) is 1. The van der Waals surface area contributed by atoms with Crippen molar-refractivity contribution in [3.05, 3.63) is 21.8 Å². The predicted octanol–water partition coefficient (Wildman–Crippen LogP) is 3.63. The van der Waals surface area contributed by atoms with Crippen LogP contribution in [0.1, 0.15) is 12.8 Å². The van der Waals surface area contributed by atoms with E-state index in [1.807, 2.05) is 0 Å². The molecule has 3 N–H and O–H groups in total. The van der Waals surface area contributed by atoms with E-state index < -0.39 is 12.6 Å². The highest BCUT2D eigenvalue weighted by Crippen LogP contribution is 2.23. The Hall–Kier alpha value is -0.660. The van der Waals surface area contributed by atoms with Gasteiger partial charge in [0, 0.05) is 27.9 Å². The van der Waals surface area contributed by atoms with Gasteiger partial charge in [-0.05, 0) is 47.2 Å². The van der Waals surface area contributed by atoms with Gasteiger partial charge >= 0.3 is 6.18 Å². The first kappa shape index (κ1) is 13.4. The molecule has 0 aliphatic carbocycles. The van der Waals surface area contributed by atoms with Gasteiger partial charge < -0.3 is 11.1 Å². The third-order valence-corrected chi connectivity index (χ3v) is 2.84. The Labute approximate surface area is 106 Å². The molecule has 0 heterocycles. The third-order valence-electron chi connectivity index (χ3n) is 1.95. The summed E-state index contributed by atoms with van der Waals surface area (Å²) >= 11 is 2.09. The molecule has 0 aliphatic rings. The number of alkyl halides is 3. The van der Waals surface area contributed by atoms with E-state index in [4.69, 9.17) is 5.73 Å². The van der Waals surface area contributed by atoms with E-state index >= 15 is 0 Å². The Morgan fingerprint density at radius 1 is 1.31 bits per heavy atom. The van der Waals surface area contributed by atoms with Crippen LogP contribution < -0.4 is 11.1 Å². The lowest BCUT2D eigenvalue weighted by Gasteiger charge is -2.10. The van der Waals surface area contributed by atoms with Crippen molar-refractivity contribution in [3.63, 3.8) is 0 Å². The Morgan fingerprint density at radius 2 is 2.00 bits per heavy atom. The van der Waals surface area contributed by atoms with Crippen LogP contribution in [-0.2, 0) is 0 Å². The van der Waals surface area contributed by atoms with Crippen molar-refractivity contribution in [2.24, 2.45) is 0 Å². The molecule has 0 fully saturated rings. The molecular formula is C10H12F3IN2. The third kappa shape index (κ3) is 4.91. The quantitative estimate of drug-likeness (QED) is 0.497. The average Bonchev–Trinajstić information content (AvgIpc) is 2.13. The lowest BCUT2D eigenvalue weighted by Crippen LogP contribution is -2.11. The summed E-state index contributed by atoms with van der Waals surface area (Å²) in [5.41, 5.74) is 7.02. The van der Waals surface area contributed by atoms with E-state index in [0.717, 1.165) is 9.26 Å². The molecule has 0 spiro atoms. The molecule has 1 aromatic rings. The molecule has 2 nitrogen and oxygen atoms in total. The highest BCUT2D eigenvalue weighted by molar-refractivity contribution is 14.1. The van der Waals surface area contributed by atoms with E-state index in [-0.39, 0.29) is 6.42 Å². The highest BCUT2D eigenvalue weighted by Gasteiger charge is 2.25. The molecule has 0 saturated carbocycles. The molecular weight excluding hydrogens is 332 g/mol. The summed E-state index contributed by atoms with van der Waals surface area (Å²) in [6.45, 7) is 0.305. The molecule has 0 saturated heterocycles. The second-order valence-corrected chi connectivity index (χ2v) is 4.55. The summed E-state index contributed by atoms with van der Waals surface area (Å²) in [6.07, 6.45) is -4.76. The Bertz CT molecular complexity index is 352. The molecule has 90 valence electrons. The van der Waals surface area contributed by atoms with Gasteiger partial charge in [-0.2, -0.15) is 13.2 Å². The monoisotopic (exact) mass is 344 g/mol. The van der Waals surface area contributed by atoms with Crippen molar-refractivity contribution in [3.8, 4) is 0 Å². The van der Waals surface area contributed by atoms with Gasteiger partial charge in [-0.3, -0.25) is 0 Å². The van der Waals surface area contributed by atoms with Gasteiger partial charge in [-0.1, -0.05) is 0 Å². The minimum absolute atomic E-state index is 0.0734. The van der Waals surface area contributed by atoms with Gasteiger partial charge in [0.1, 0.15) is 0 Å². The largest absolute Gasteiger partial charge is 0.399 e. The fourth-order valence-electron chi connectivity index (χ4n) is 1.19. The average molecular weight is 344 g/mol. The summed E-state index contributed by atoms with van der Waals surface area (Å²) < 4.78 is 36.5. The van der Waals surface area contributed by atoms with Gasteiger partial charge in [0.15, 0.2) is 0 Å². The molecule has 1 aromatic carbocycles. The number of nitrogens with two attached hydrogens (primary N) is 1. The topological polar surface area (TPSA) is 38.0 Å². The van der Waals surface area contributed by atoms with E-state index in [1.165, 1.54) is 0 Å². The first-order chi connectivity index (χ1) is 7.38. The summed E-state index contributed by atoms with van der Waals surface area (Å²) in [4.78, 5) is 0. The van der Waals surface area contributed by atoms with Crippen LogP contribution >= 0.6 is 22.6 Å². The lowest BCUT2D eigenvalue weighted by molar-refractivity contribution is -0.134. The van der Waals surface area contributed by atoms with Gasteiger partial charge in [-0.25, -0.2) is 0 Å². The molecule has 6 heteroatoms. The number of rotatable bonds is 4. The lowest BCUT2D eigenvalue weighted by atomic mass is 10.2. The van der Waals surface area contributed by atoms with E-state index in [0.29, 0.717) is 12.2 Å². The fourth-order valence-corrected chi connectivity index (χ4v) is 1.92. The minimum Gasteiger partial charge on any atom is -0.399 e. The van der Waals surface area contributed by atoms with Crippen LogP contribution in [0.3, 0.4) is 0 Å². The van der Waals surface area contributed by atoms with Crippen molar-refractivity contribution < 1.29 is 13.2 Å². The van der Waals surface area contributed by atoms with Crippen molar-refractivity contribution >= 4 is 34.0 Å². The maximum absolute atomic E-state index is 11.9. The maximum atomic E-state index is 11.9. The molecule has 1 rings (SSSR count). The zero-order valence-corrected chi connectivity index (χ0v) is 10.6. The summed E-state index contributed by atoms with van der Waals surface area (Å²) in [6, 6.07) is 5.26. The fraction of sp³-hybridized carbons (Fsp3) is 0.400. The predicted molar refractivity (Wildman–Crippen MR) is 67.4 cm³/mol. The van der Waals surface area contributed by atoms with Gasteiger partial charge in [0.25, 0.3) is 0 Å². The Morgan fingerprint density at radius 3 is 2.56 bits per heavy atom. The van der Waals surface area contributed by atoms with Crippen molar-refractivity contribution in [2.75, 3.05) is 17.6 Å². The van der Waals surface area contributed by atoms with Gasteiger partial charge in [0.2, 0.25) is 0 Å². The van der Waals surface area contributed by atoms with Crippen LogP contribution in [-0.4, -0.2) is 12.7 Å². The number of halogens is 4. The van der Waals surface area contributed by atoms with Gasteiger partial charge in [0.05, 0.1) is 0 Å². The molecule has 0 bridgehead atoms. The first-order valence-electron chi connectivity index (χ1n) is 4.74. The number of anilines is 2. The van der Waals surface area contributed by atoms with Crippen LogP contribution in [0.2, 0.25) is 0 Å². The second-order valence-electron chi connectivity index (χ2n) is 3.38. The van der Waals surface area contributed by atoms with Crippen LogP contribution in [0.25, 0.3) is 0 Å². The number of hydrogen-bond donors (Lipinski definition) is 2. The first-order valence-corrected chi connectivity index (χ1v) is 5.82. The molecule has 0 aromatic heterocycles. The van der Waals surface area contributed by atoms with Crippen LogP contribution in [0.5, 0.6) is 0 Å². The number of benzene rings is 1. The van der Waals surface area contributed by atoms with Gasteiger partial charge in [-0.15, -0.1) is 0 Å². The zero-order valence-electron chi connectivity index (χ0n) is 8.44. The molecule has 0 atom stereocenters. The summed E-state index contributed by atoms with van der Waals surface area (Å²) in [7, 11) is 0. The van der Waals surface area contributed by atoms with E-state index in [2.05, 4.69) is 27.9 Å². The van der Waals surface area contributed by atoms with Crippen molar-refractivity contribution in [1.82, 2.24) is 0 Å². The normalized spacial score (nSPS) is 11.5. The van der Waals surface area contributed by atoms with E-state index in [1.54, 1.807) is 18.2 Å². The summed E-state index contributed by atoms with van der Waals surface area (Å²) in [5.74, 6) is 0. The maximum Gasteiger partial charge on any atom is 0.389 e. The SMILES string of the molecule is Nc1ccc(NCCCC(F)(F)F)c(I)c1. The molecule has 16 heavy (non-hydrogen) atoms. The van der Waals surface area contributed by atoms with E-state index in [9.17, 15) is 13.2 Å². The van der Waals surface area contributed by atoms with Crippen LogP contribution in [0, 0.1) is 3.57 Å². The van der Waals surface area contributed by atoms with Crippen molar-refractivity contribution in [1.29, 1.82) is 0 Å². The summed E-state index contributed by atoms with van der Waals surface area (Å²) in [5, 5.41) is 2.95. The highest BCUT2D eigenvalue weighted by atomic mass is 127. The molecule has 0 radical (unpaired) electrons.